The lowest BCUT2D eigenvalue weighted by molar-refractivity contribution is -0.384. The van der Waals surface area contributed by atoms with E-state index in [2.05, 4.69) is 5.32 Å². The third-order valence-corrected chi connectivity index (χ3v) is 4.07. The van der Waals surface area contributed by atoms with Crippen molar-refractivity contribution in [3.63, 3.8) is 0 Å². The van der Waals surface area contributed by atoms with Gasteiger partial charge in [-0.2, -0.15) is 0 Å². The van der Waals surface area contributed by atoms with Crippen LogP contribution in [0.4, 0.5) is 15.8 Å². The summed E-state index contributed by atoms with van der Waals surface area (Å²) in [5, 5.41) is 13.3. The summed E-state index contributed by atoms with van der Waals surface area (Å²) in [5.41, 5.74) is -0.0759. The van der Waals surface area contributed by atoms with Crippen molar-refractivity contribution in [2.75, 3.05) is 12.4 Å². The van der Waals surface area contributed by atoms with E-state index in [1.165, 1.54) is 38.3 Å². The van der Waals surface area contributed by atoms with Crippen molar-refractivity contribution in [3.05, 3.63) is 62.9 Å². The van der Waals surface area contributed by atoms with E-state index in [0.717, 1.165) is 12.1 Å². The van der Waals surface area contributed by atoms with E-state index in [-0.39, 0.29) is 27.7 Å². The highest BCUT2D eigenvalue weighted by Gasteiger charge is 2.22. The SMILES string of the molecule is COc1cc([N+](=O)[O-])ccc1NC(=O)[C@@H](C)OC(=O)Cc1c(F)cccc1Cl. The van der Waals surface area contributed by atoms with Crippen LogP contribution in [0.25, 0.3) is 0 Å². The zero-order chi connectivity index (χ0) is 20.8. The van der Waals surface area contributed by atoms with Gasteiger partial charge in [0.25, 0.3) is 11.6 Å². The molecule has 1 N–H and O–H groups in total. The number of rotatable bonds is 7. The number of non-ortho nitro benzene ring substituents is 1. The molecule has 0 radical (unpaired) electrons. The van der Waals surface area contributed by atoms with Crippen LogP contribution in [-0.2, 0) is 20.7 Å². The van der Waals surface area contributed by atoms with Crippen LogP contribution in [0.5, 0.6) is 5.75 Å². The van der Waals surface area contributed by atoms with Crippen LogP contribution in [0.3, 0.4) is 0 Å². The third-order valence-electron chi connectivity index (χ3n) is 3.71. The standard InChI is InChI=1S/C18H16ClFN2O6/c1-10(28-17(23)9-12-13(19)4-3-5-14(12)20)18(24)21-15-7-6-11(22(25)26)8-16(15)27-2/h3-8,10H,9H2,1-2H3,(H,21,24)/t10-/m1/s1. The Balaban J connectivity index is 2.03. The molecule has 0 bridgehead atoms. The fraction of sp³-hybridized carbons (Fsp3) is 0.222. The fourth-order valence-electron chi connectivity index (χ4n) is 2.27. The Hall–Kier alpha value is -3.20. The molecule has 1 amide bonds. The number of hydrogen-bond donors (Lipinski definition) is 1. The highest BCUT2D eigenvalue weighted by Crippen LogP contribution is 2.29. The van der Waals surface area contributed by atoms with Crippen molar-refractivity contribution in [3.8, 4) is 5.75 Å². The van der Waals surface area contributed by atoms with Crippen molar-refractivity contribution in [2.24, 2.45) is 0 Å². The molecule has 2 aromatic rings. The number of amides is 1. The molecular weight excluding hydrogens is 395 g/mol. The van der Waals surface area contributed by atoms with Gasteiger partial charge in [-0.1, -0.05) is 17.7 Å². The van der Waals surface area contributed by atoms with E-state index in [1.54, 1.807) is 0 Å². The van der Waals surface area contributed by atoms with Crippen molar-refractivity contribution in [2.45, 2.75) is 19.4 Å². The zero-order valence-corrected chi connectivity index (χ0v) is 15.7. The van der Waals surface area contributed by atoms with E-state index < -0.39 is 35.1 Å². The van der Waals surface area contributed by atoms with Crippen LogP contribution in [0.15, 0.2) is 36.4 Å². The van der Waals surface area contributed by atoms with Gasteiger partial charge in [-0.15, -0.1) is 0 Å². The lowest BCUT2D eigenvalue weighted by atomic mass is 10.1. The molecule has 0 aliphatic heterocycles. The summed E-state index contributed by atoms with van der Waals surface area (Å²) < 4.78 is 23.8. The molecule has 2 rings (SSSR count). The van der Waals surface area contributed by atoms with Crippen LogP contribution >= 0.6 is 11.6 Å². The van der Waals surface area contributed by atoms with Gasteiger partial charge in [-0.05, 0) is 25.1 Å². The summed E-state index contributed by atoms with van der Waals surface area (Å²) >= 11 is 5.86. The molecule has 0 heterocycles. The van der Waals surface area contributed by atoms with Gasteiger partial charge in [-0.3, -0.25) is 19.7 Å². The van der Waals surface area contributed by atoms with E-state index in [4.69, 9.17) is 21.1 Å². The minimum absolute atomic E-state index is 0.0289. The molecule has 148 valence electrons. The second kappa shape index (κ2) is 9.14. The van der Waals surface area contributed by atoms with Gasteiger partial charge in [0.1, 0.15) is 11.6 Å². The van der Waals surface area contributed by atoms with Gasteiger partial charge >= 0.3 is 5.97 Å². The van der Waals surface area contributed by atoms with Gasteiger partial charge in [0.2, 0.25) is 0 Å². The van der Waals surface area contributed by atoms with Gasteiger partial charge in [0, 0.05) is 16.7 Å². The highest BCUT2D eigenvalue weighted by molar-refractivity contribution is 6.31. The van der Waals surface area contributed by atoms with Crippen LogP contribution in [-0.4, -0.2) is 30.0 Å². The number of nitrogens with one attached hydrogen (secondary N) is 1. The summed E-state index contributed by atoms with van der Waals surface area (Å²) in [6.07, 6.45) is -1.65. The van der Waals surface area contributed by atoms with Crippen molar-refractivity contribution in [1.29, 1.82) is 0 Å². The molecule has 28 heavy (non-hydrogen) atoms. The molecule has 0 unspecified atom stereocenters. The maximum Gasteiger partial charge on any atom is 0.311 e. The van der Waals surface area contributed by atoms with Crippen molar-refractivity contribution in [1.82, 2.24) is 0 Å². The second-order valence-corrected chi connectivity index (χ2v) is 6.05. The number of ether oxygens (including phenoxy) is 2. The number of nitro groups is 1. The third kappa shape index (κ3) is 5.17. The first-order valence-corrected chi connectivity index (χ1v) is 8.36. The predicted molar refractivity (Wildman–Crippen MR) is 98.9 cm³/mol. The quantitative estimate of drug-likeness (QED) is 0.425. The van der Waals surface area contributed by atoms with Crippen LogP contribution < -0.4 is 10.1 Å². The van der Waals surface area contributed by atoms with Gasteiger partial charge in [-0.25, -0.2) is 4.39 Å². The van der Waals surface area contributed by atoms with E-state index in [9.17, 15) is 24.1 Å². The number of esters is 1. The van der Waals surface area contributed by atoms with Gasteiger partial charge < -0.3 is 14.8 Å². The first-order chi connectivity index (χ1) is 13.2. The Morgan fingerprint density at radius 2 is 2.04 bits per heavy atom. The predicted octanol–water partition coefficient (Wildman–Crippen LogP) is 3.51. The molecule has 2 aromatic carbocycles. The monoisotopic (exact) mass is 410 g/mol. The van der Waals surface area contributed by atoms with E-state index in [1.807, 2.05) is 0 Å². The van der Waals surface area contributed by atoms with Crippen LogP contribution in [0.2, 0.25) is 5.02 Å². The Morgan fingerprint density at radius 3 is 2.64 bits per heavy atom. The van der Waals surface area contributed by atoms with E-state index in [0.29, 0.717) is 0 Å². The number of carbonyl (C=O) groups excluding carboxylic acids is 2. The summed E-state index contributed by atoms with van der Waals surface area (Å²) in [7, 11) is 1.29. The smallest absolute Gasteiger partial charge is 0.311 e. The number of hydrogen-bond acceptors (Lipinski definition) is 6. The molecule has 10 heteroatoms. The summed E-state index contributed by atoms with van der Waals surface area (Å²) in [6.45, 7) is 1.33. The molecule has 0 aromatic heterocycles. The zero-order valence-electron chi connectivity index (χ0n) is 14.9. The lowest BCUT2D eigenvalue weighted by Gasteiger charge is -2.15. The summed E-state index contributed by atoms with van der Waals surface area (Å²) in [6, 6.07) is 7.62. The topological polar surface area (TPSA) is 108 Å². The lowest BCUT2D eigenvalue weighted by Crippen LogP contribution is -2.30. The van der Waals surface area contributed by atoms with Gasteiger partial charge in [0.15, 0.2) is 6.10 Å². The minimum atomic E-state index is -1.21. The number of halogens is 2. The van der Waals surface area contributed by atoms with Gasteiger partial charge in [0.05, 0.1) is 30.2 Å². The largest absolute Gasteiger partial charge is 0.494 e. The molecule has 0 saturated carbocycles. The number of nitrogens with zero attached hydrogens (tertiary/aromatic N) is 1. The number of methoxy groups -OCH3 is 1. The molecule has 0 saturated heterocycles. The molecule has 0 spiro atoms. The van der Waals surface area contributed by atoms with Crippen LogP contribution in [0.1, 0.15) is 12.5 Å². The molecule has 0 aliphatic rings. The minimum Gasteiger partial charge on any atom is -0.494 e. The molecule has 1 atom stereocenters. The summed E-state index contributed by atoms with van der Waals surface area (Å²) in [5.74, 6) is -2.12. The van der Waals surface area contributed by atoms with Crippen molar-refractivity contribution < 1.29 is 28.4 Å². The molecule has 8 nitrogen and oxygen atoms in total. The maximum absolute atomic E-state index is 13.7. The fourth-order valence-corrected chi connectivity index (χ4v) is 2.50. The highest BCUT2D eigenvalue weighted by atomic mass is 35.5. The Morgan fingerprint density at radius 1 is 1.32 bits per heavy atom. The number of benzene rings is 2. The number of anilines is 1. The molecule has 0 fully saturated rings. The van der Waals surface area contributed by atoms with E-state index >= 15 is 0 Å². The second-order valence-electron chi connectivity index (χ2n) is 5.64. The van der Waals surface area contributed by atoms with Crippen LogP contribution in [0, 0.1) is 15.9 Å². The Labute approximate surface area is 164 Å². The Bertz CT molecular complexity index is 901. The molecular formula is C18H16ClFN2O6. The number of carbonyl (C=O) groups is 2. The first kappa shape index (κ1) is 21.1. The average molecular weight is 411 g/mol. The maximum atomic E-state index is 13.7. The first-order valence-electron chi connectivity index (χ1n) is 7.98. The van der Waals surface area contributed by atoms with Crippen molar-refractivity contribution >= 4 is 34.9 Å². The number of nitro benzene ring substituents is 1. The summed E-state index contributed by atoms with van der Waals surface area (Å²) in [4.78, 5) is 34.4. The molecule has 0 aliphatic carbocycles. The Kier molecular flexibility index (Phi) is 6.89. The average Bonchev–Trinajstić information content (AvgIpc) is 2.64. The normalized spacial score (nSPS) is 11.4.